The highest BCUT2D eigenvalue weighted by molar-refractivity contribution is 6.22. The number of furan rings is 2. The van der Waals surface area contributed by atoms with Gasteiger partial charge in [-0.1, -0.05) is 103 Å². The quantitative estimate of drug-likeness (QED) is 0.201. The summed E-state index contributed by atoms with van der Waals surface area (Å²) in [5.41, 5.74) is 9.00. The zero-order chi connectivity index (χ0) is 30.9. The first-order chi connectivity index (χ1) is 23.3. The van der Waals surface area contributed by atoms with Gasteiger partial charge in [-0.3, -0.25) is 0 Å². The molecule has 0 spiro atoms. The number of fused-ring (bicyclic) bond motifs is 9. The Balaban J connectivity index is 1.22. The van der Waals surface area contributed by atoms with E-state index in [2.05, 4.69) is 157 Å². The summed E-state index contributed by atoms with van der Waals surface area (Å²) in [6.07, 6.45) is 0. The molecule has 0 aliphatic carbocycles. The van der Waals surface area contributed by atoms with Crippen LogP contribution in [0, 0.1) is 0 Å². The number of nitrogens with zero attached hydrogens (tertiary/aromatic N) is 1. The van der Waals surface area contributed by atoms with Crippen LogP contribution in [-0.2, 0) is 0 Å². The molecule has 10 rings (SSSR count). The predicted molar refractivity (Wildman–Crippen MR) is 196 cm³/mol. The minimum atomic E-state index is 0.865. The van der Waals surface area contributed by atoms with E-state index in [1.54, 1.807) is 0 Å². The maximum Gasteiger partial charge on any atom is 0.137 e. The van der Waals surface area contributed by atoms with Gasteiger partial charge in [-0.25, -0.2) is 0 Å². The van der Waals surface area contributed by atoms with Crippen molar-refractivity contribution in [3.05, 3.63) is 164 Å². The average molecular weight is 602 g/mol. The highest BCUT2D eigenvalue weighted by Gasteiger charge is 2.20. The molecular formula is C44H27NO2. The van der Waals surface area contributed by atoms with Crippen molar-refractivity contribution in [2.45, 2.75) is 0 Å². The maximum atomic E-state index is 6.58. The number of hydrogen-bond acceptors (Lipinski definition) is 3. The fourth-order valence-corrected chi connectivity index (χ4v) is 7.24. The van der Waals surface area contributed by atoms with Crippen molar-refractivity contribution in [1.82, 2.24) is 0 Å². The molecule has 0 aliphatic heterocycles. The lowest BCUT2D eigenvalue weighted by Gasteiger charge is -2.26. The molecule has 220 valence electrons. The van der Waals surface area contributed by atoms with E-state index >= 15 is 0 Å². The topological polar surface area (TPSA) is 29.5 Å². The number of benzene rings is 8. The van der Waals surface area contributed by atoms with Crippen LogP contribution in [-0.4, -0.2) is 0 Å². The van der Waals surface area contributed by atoms with E-state index < -0.39 is 0 Å². The SMILES string of the molecule is c1ccc(-c2cc3oc4ccc(N(c5ccc6ccccc6c5)c5ccc6c(c5)oc5ccccc56)cc4c3c3ccccc23)cc1. The highest BCUT2D eigenvalue weighted by Crippen LogP contribution is 2.44. The summed E-state index contributed by atoms with van der Waals surface area (Å²) in [6, 6.07) is 57.8. The summed E-state index contributed by atoms with van der Waals surface area (Å²) in [5.74, 6) is 0. The molecule has 0 radical (unpaired) electrons. The molecule has 10 aromatic rings. The zero-order valence-electron chi connectivity index (χ0n) is 25.4. The summed E-state index contributed by atoms with van der Waals surface area (Å²) < 4.78 is 12.9. The van der Waals surface area contributed by atoms with Crippen LogP contribution in [0.15, 0.2) is 173 Å². The molecule has 3 heteroatoms. The third-order valence-corrected chi connectivity index (χ3v) is 9.42. The number of anilines is 3. The molecular weight excluding hydrogens is 574 g/mol. The molecule has 47 heavy (non-hydrogen) atoms. The van der Waals surface area contributed by atoms with Gasteiger partial charge in [0.1, 0.15) is 22.3 Å². The average Bonchev–Trinajstić information content (AvgIpc) is 3.69. The molecule has 2 aromatic heterocycles. The summed E-state index contributed by atoms with van der Waals surface area (Å²) in [4.78, 5) is 2.32. The second-order valence-corrected chi connectivity index (χ2v) is 12.1. The number of hydrogen-bond donors (Lipinski definition) is 0. The summed E-state index contributed by atoms with van der Waals surface area (Å²) in [7, 11) is 0. The van der Waals surface area contributed by atoms with Crippen molar-refractivity contribution in [2.75, 3.05) is 4.90 Å². The second kappa shape index (κ2) is 10.1. The van der Waals surface area contributed by atoms with Crippen molar-refractivity contribution < 1.29 is 8.83 Å². The standard InChI is InChI=1S/C44H27NO2/c1-2-11-29(12-3-1)38-27-43-44(37-16-7-6-14-34(37)38)39-25-32(21-23-41(39)47-43)45(31-19-18-28-10-4-5-13-30(28)24-31)33-20-22-36-35-15-8-9-17-40(35)46-42(36)26-33/h1-27H. The van der Waals surface area contributed by atoms with Crippen molar-refractivity contribution in [3.63, 3.8) is 0 Å². The van der Waals surface area contributed by atoms with Crippen LogP contribution in [0.25, 0.3) is 76.5 Å². The van der Waals surface area contributed by atoms with E-state index in [4.69, 9.17) is 8.83 Å². The zero-order valence-corrected chi connectivity index (χ0v) is 25.4. The third-order valence-electron chi connectivity index (χ3n) is 9.42. The van der Waals surface area contributed by atoms with Crippen LogP contribution in [0.2, 0.25) is 0 Å². The summed E-state index contributed by atoms with van der Waals surface area (Å²) in [6.45, 7) is 0. The van der Waals surface area contributed by atoms with Gasteiger partial charge in [-0.2, -0.15) is 0 Å². The highest BCUT2D eigenvalue weighted by atomic mass is 16.3. The Bertz CT molecular complexity index is 2810. The third kappa shape index (κ3) is 4.07. The lowest BCUT2D eigenvalue weighted by atomic mass is 9.95. The Hall–Kier alpha value is -6.32. The Morgan fingerprint density at radius 3 is 1.85 bits per heavy atom. The summed E-state index contributed by atoms with van der Waals surface area (Å²) >= 11 is 0. The van der Waals surface area contributed by atoms with Gasteiger partial charge in [0.25, 0.3) is 0 Å². The first kappa shape index (κ1) is 26.0. The molecule has 0 amide bonds. The van der Waals surface area contributed by atoms with Crippen LogP contribution in [0.3, 0.4) is 0 Å². The predicted octanol–water partition coefficient (Wildman–Crippen LogP) is 12.9. The number of rotatable bonds is 4. The van der Waals surface area contributed by atoms with Gasteiger partial charge in [0.2, 0.25) is 0 Å². The van der Waals surface area contributed by atoms with E-state index in [0.717, 1.165) is 60.9 Å². The maximum absolute atomic E-state index is 6.58. The van der Waals surface area contributed by atoms with E-state index in [1.807, 2.05) is 12.1 Å². The molecule has 0 fully saturated rings. The molecule has 0 saturated carbocycles. The van der Waals surface area contributed by atoms with E-state index in [1.165, 1.54) is 32.7 Å². The Labute approximate surface area is 270 Å². The summed E-state index contributed by atoms with van der Waals surface area (Å²) in [5, 5.41) is 9.24. The van der Waals surface area contributed by atoms with Gasteiger partial charge in [0, 0.05) is 44.7 Å². The fourth-order valence-electron chi connectivity index (χ4n) is 7.24. The normalized spacial score (nSPS) is 11.8. The molecule has 0 unspecified atom stereocenters. The molecule has 3 nitrogen and oxygen atoms in total. The van der Waals surface area contributed by atoms with Crippen LogP contribution in [0.1, 0.15) is 0 Å². The largest absolute Gasteiger partial charge is 0.456 e. The van der Waals surface area contributed by atoms with Crippen molar-refractivity contribution in [3.8, 4) is 11.1 Å². The number of para-hydroxylation sites is 1. The van der Waals surface area contributed by atoms with Gasteiger partial charge in [-0.05, 0) is 87.3 Å². The lowest BCUT2D eigenvalue weighted by molar-refractivity contribution is 0.668. The minimum absolute atomic E-state index is 0.865. The van der Waals surface area contributed by atoms with Crippen LogP contribution >= 0.6 is 0 Å². The molecule has 0 N–H and O–H groups in total. The van der Waals surface area contributed by atoms with Gasteiger partial charge in [-0.15, -0.1) is 0 Å². The molecule has 0 saturated heterocycles. The van der Waals surface area contributed by atoms with Crippen LogP contribution < -0.4 is 4.90 Å². The molecule has 0 aliphatic rings. The van der Waals surface area contributed by atoms with Crippen LogP contribution in [0.4, 0.5) is 17.1 Å². The van der Waals surface area contributed by atoms with Gasteiger partial charge >= 0.3 is 0 Å². The van der Waals surface area contributed by atoms with Crippen molar-refractivity contribution in [2.24, 2.45) is 0 Å². The second-order valence-electron chi connectivity index (χ2n) is 12.1. The molecule has 0 bridgehead atoms. The van der Waals surface area contributed by atoms with E-state index in [0.29, 0.717) is 0 Å². The molecule has 8 aromatic carbocycles. The fraction of sp³-hybridized carbons (Fsp3) is 0. The van der Waals surface area contributed by atoms with Crippen LogP contribution in [0.5, 0.6) is 0 Å². The van der Waals surface area contributed by atoms with Crippen molar-refractivity contribution >= 4 is 82.5 Å². The minimum Gasteiger partial charge on any atom is -0.456 e. The van der Waals surface area contributed by atoms with E-state index in [9.17, 15) is 0 Å². The molecule has 0 atom stereocenters. The van der Waals surface area contributed by atoms with Gasteiger partial charge in [0.05, 0.1) is 0 Å². The first-order valence-corrected chi connectivity index (χ1v) is 15.9. The van der Waals surface area contributed by atoms with Gasteiger partial charge in [0.15, 0.2) is 0 Å². The first-order valence-electron chi connectivity index (χ1n) is 15.9. The van der Waals surface area contributed by atoms with E-state index in [-0.39, 0.29) is 0 Å². The smallest absolute Gasteiger partial charge is 0.137 e. The Morgan fingerprint density at radius 2 is 0.957 bits per heavy atom. The monoisotopic (exact) mass is 601 g/mol. The van der Waals surface area contributed by atoms with Gasteiger partial charge < -0.3 is 13.7 Å². The molecule has 2 heterocycles. The van der Waals surface area contributed by atoms with Crippen molar-refractivity contribution in [1.29, 1.82) is 0 Å². The lowest BCUT2D eigenvalue weighted by Crippen LogP contribution is -2.09. The Morgan fingerprint density at radius 1 is 0.340 bits per heavy atom. The Kier molecular flexibility index (Phi) is 5.57.